The Morgan fingerprint density at radius 1 is 1.44 bits per heavy atom. The Kier molecular flexibility index (Phi) is 5.47. The molecule has 7 heteroatoms. The average Bonchev–Trinajstić information content (AvgIpc) is 3.21. The van der Waals surface area contributed by atoms with Crippen LogP contribution in [0.1, 0.15) is 48.7 Å². The van der Waals surface area contributed by atoms with Crippen molar-refractivity contribution in [2.75, 3.05) is 12.8 Å². The van der Waals surface area contributed by atoms with Crippen LogP contribution in [0.2, 0.25) is 0 Å². The van der Waals surface area contributed by atoms with Crippen LogP contribution < -0.4 is 16.5 Å². The van der Waals surface area contributed by atoms with Gasteiger partial charge in [-0.3, -0.25) is 9.59 Å². The van der Waals surface area contributed by atoms with E-state index >= 15 is 0 Å². The molecule has 3 rings (SSSR count). The van der Waals surface area contributed by atoms with Crippen LogP contribution in [-0.2, 0) is 6.54 Å². The van der Waals surface area contributed by atoms with E-state index in [1.54, 1.807) is 16.7 Å². The summed E-state index contributed by atoms with van der Waals surface area (Å²) in [4.78, 5) is 29.2. The Hall–Kier alpha value is -2.85. The maximum absolute atomic E-state index is 12.7. The molecule has 0 aliphatic heterocycles. The van der Waals surface area contributed by atoms with Crippen molar-refractivity contribution in [2.45, 2.75) is 45.3 Å². The Morgan fingerprint density at radius 3 is 2.78 bits per heavy atom. The Labute approximate surface area is 157 Å². The highest BCUT2D eigenvalue weighted by Gasteiger charge is 2.22. The number of carbonyl (C=O) groups excluding carboxylic acids is 1. The van der Waals surface area contributed by atoms with Gasteiger partial charge in [-0.1, -0.05) is 18.8 Å². The van der Waals surface area contributed by atoms with E-state index in [0.29, 0.717) is 23.3 Å². The summed E-state index contributed by atoms with van der Waals surface area (Å²) in [6.45, 7) is 2.30. The predicted molar refractivity (Wildman–Crippen MR) is 104 cm³/mol. The van der Waals surface area contributed by atoms with Crippen LogP contribution in [0.4, 0.5) is 5.82 Å². The second kappa shape index (κ2) is 7.80. The SMILES string of the molecule is CCn1c(N)c(C(=O)NC)c(=O)c2ccc(C#CC(O)C3CCCC3)nc21. The summed E-state index contributed by atoms with van der Waals surface area (Å²) in [7, 11) is 1.45. The van der Waals surface area contributed by atoms with Crippen LogP contribution in [0.15, 0.2) is 16.9 Å². The molecule has 2 aromatic rings. The summed E-state index contributed by atoms with van der Waals surface area (Å²) < 4.78 is 1.62. The van der Waals surface area contributed by atoms with E-state index in [4.69, 9.17) is 5.73 Å². The molecule has 0 radical (unpaired) electrons. The molecule has 1 fully saturated rings. The number of nitrogens with two attached hydrogens (primary N) is 1. The topological polar surface area (TPSA) is 110 Å². The molecule has 1 amide bonds. The Bertz CT molecular complexity index is 994. The summed E-state index contributed by atoms with van der Waals surface area (Å²) in [5.41, 5.74) is 6.38. The normalized spacial score (nSPS) is 15.4. The third-order valence-corrected chi connectivity index (χ3v) is 5.11. The number of aromatic nitrogens is 2. The molecule has 7 nitrogen and oxygen atoms in total. The van der Waals surface area contributed by atoms with Crippen LogP contribution >= 0.6 is 0 Å². The summed E-state index contributed by atoms with van der Waals surface area (Å²) >= 11 is 0. The Balaban J connectivity index is 2.08. The standard InChI is InChI=1S/C20H24N4O3/c1-3-24-18(21)16(20(27)22-2)17(26)14-10-8-13(23-19(14)24)9-11-15(25)12-6-4-5-7-12/h8,10,12,15,25H,3-7,21H2,1-2H3,(H,22,27). The maximum Gasteiger partial charge on any atom is 0.258 e. The zero-order valence-electron chi connectivity index (χ0n) is 15.6. The smallest absolute Gasteiger partial charge is 0.258 e. The van der Waals surface area contributed by atoms with Crippen molar-refractivity contribution < 1.29 is 9.90 Å². The first-order valence-corrected chi connectivity index (χ1v) is 9.22. The van der Waals surface area contributed by atoms with Crippen LogP contribution in [0.3, 0.4) is 0 Å². The molecule has 142 valence electrons. The van der Waals surface area contributed by atoms with Crippen molar-refractivity contribution in [3.63, 3.8) is 0 Å². The Morgan fingerprint density at radius 2 is 2.15 bits per heavy atom. The van der Waals surface area contributed by atoms with Crippen molar-refractivity contribution in [3.8, 4) is 11.8 Å². The van der Waals surface area contributed by atoms with E-state index in [1.165, 1.54) is 7.05 Å². The molecule has 0 spiro atoms. The lowest BCUT2D eigenvalue weighted by molar-refractivity contribution is 0.0962. The number of aliphatic hydroxyl groups excluding tert-OH is 1. The molecule has 27 heavy (non-hydrogen) atoms. The number of hydrogen-bond donors (Lipinski definition) is 3. The van der Waals surface area contributed by atoms with Gasteiger partial charge in [0.25, 0.3) is 5.91 Å². The van der Waals surface area contributed by atoms with Crippen molar-refractivity contribution in [3.05, 3.63) is 33.6 Å². The van der Waals surface area contributed by atoms with Crippen molar-refractivity contribution >= 4 is 22.8 Å². The molecule has 1 unspecified atom stereocenters. The van der Waals surface area contributed by atoms with Gasteiger partial charge in [0.05, 0.1) is 5.39 Å². The maximum atomic E-state index is 12.7. The fraction of sp³-hybridized carbons (Fsp3) is 0.450. The van der Waals surface area contributed by atoms with Gasteiger partial charge >= 0.3 is 0 Å². The second-order valence-corrected chi connectivity index (χ2v) is 6.74. The minimum absolute atomic E-state index is 0.0795. The highest BCUT2D eigenvalue weighted by atomic mass is 16.3. The number of nitrogen functional groups attached to an aromatic ring is 1. The van der Waals surface area contributed by atoms with E-state index < -0.39 is 17.4 Å². The quantitative estimate of drug-likeness (QED) is 0.707. The number of aliphatic hydroxyl groups is 1. The van der Waals surface area contributed by atoms with Gasteiger partial charge in [0.2, 0.25) is 5.43 Å². The van der Waals surface area contributed by atoms with Crippen molar-refractivity contribution in [1.29, 1.82) is 0 Å². The van der Waals surface area contributed by atoms with Crippen molar-refractivity contribution in [2.24, 2.45) is 5.92 Å². The molecule has 4 N–H and O–H groups in total. The number of anilines is 1. The van der Waals surface area contributed by atoms with Crippen molar-refractivity contribution in [1.82, 2.24) is 14.9 Å². The highest BCUT2D eigenvalue weighted by Crippen LogP contribution is 2.27. The second-order valence-electron chi connectivity index (χ2n) is 6.74. The zero-order valence-corrected chi connectivity index (χ0v) is 15.6. The van der Waals surface area contributed by atoms with E-state index in [9.17, 15) is 14.7 Å². The first-order valence-electron chi connectivity index (χ1n) is 9.22. The molecule has 1 aliphatic rings. The monoisotopic (exact) mass is 368 g/mol. The fourth-order valence-electron chi connectivity index (χ4n) is 3.60. The lowest BCUT2D eigenvalue weighted by Crippen LogP contribution is -2.30. The van der Waals surface area contributed by atoms with E-state index in [0.717, 1.165) is 25.7 Å². The van der Waals surface area contributed by atoms with Gasteiger partial charge in [0.1, 0.15) is 28.8 Å². The molecule has 1 saturated carbocycles. The zero-order chi connectivity index (χ0) is 19.6. The third-order valence-electron chi connectivity index (χ3n) is 5.11. The van der Waals surface area contributed by atoms with Crippen LogP contribution in [0, 0.1) is 17.8 Å². The van der Waals surface area contributed by atoms with Gasteiger partial charge < -0.3 is 20.7 Å². The summed E-state index contributed by atoms with van der Waals surface area (Å²) in [5, 5.41) is 13.0. The lowest BCUT2D eigenvalue weighted by Gasteiger charge is -2.15. The number of aryl methyl sites for hydroxylation is 1. The van der Waals surface area contributed by atoms with Gasteiger partial charge in [0.15, 0.2) is 0 Å². The molecule has 0 bridgehead atoms. The molecule has 2 aromatic heterocycles. The molecular formula is C20H24N4O3. The number of fused-ring (bicyclic) bond motifs is 1. The van der Waals surface area contributed by atoms with E-state index in [-0.39, 0.29) is 17.3 Å². The predicted octanol–water partition coefficient (Wildman–Crippen LogP) is 1.26. The summed E-state index contributed by atoms with van der Waals surface area (Å²) in [6, 6.07) is 3.23. The first kappa shape index (κ1) is 18.9. The number of carbonyl (C=O) groups is 1. The van der Waals surface area contributed by atoms with Gasteiger partial charge in [-0.15, -0.1) is 0 Å². The van der Waals surface area contributed by atoms with Gasteiger partial charge in [-0.2, -0.15) is 0 Å². The first-order chi connectivity index (χ1) is 13.0. The van der Waals surface area contributed by atoms with Gasteiger partial charge in [0, 0.05) is 13.6 Å². The number of pyridine rings is 2. The van der Waals surface area contributed by atoms with E-state index in [1.807, 2.05) is 6.92 Å². The number of rotatable bonds is 3. The molecule has 0 saturated heterocycles. The molecular weight excluding hydrogens is 344 g/mol. The molecule has 1 atom stereocenters. The highest BCUT2D eigenvalue weighted by molar-refractivity contribution is 6.01. The number of hydrogen-bond acceptors (Lipinski definition) is 5. The third kappa shape index (κ3) is 3.53. The largest absolute Gasteiger partial charge is 0.384 e. The van der Waals surface area contributed by atoms with Gasteiger partial charge in [-0.05, 0) is 43.7 Å². The summed E-state index contributed by atoms with van der Waals surface area (Å²) in [5.74, 6) is 5.56. The average molecular weight is 368 g/mol. The fourth-order valence-corrected chi connectivity index (χ4v) is 3.60. The lowest BCUT2D eigenvalue weighted by atomic mass is 10.0. The molecule has 0 aromatic carbocycles. The number of nitrogens with zero attached hydrogens (tertiary/aromatic N) is 2. The molecule has 2 heterocycles. The van der Waals surface area contributed by atoms with Crippen LogP contribution in [-0.4, -0.2) is 33.7 Å². The van der Waals surface area contributed by atoms with Crippen LogP contribution in [0.5, 0.6) is 0 Å². The number of nitrogens with one attached hydrogen (secondary N) is 1. The van der Waals surface area contributed by atoms with Gasteiger partial charge in [-0.25, -0.2) is 4.98 Å². The minimum atomic E-state index is -0.668. The molecule has 1 aliphatic carbocycles. The number of amides is 1. The van der Waals surface area contributed by atoms with E-state index in [2.05, 4.69) is 22.1 Å². The minimum Gasteiger partial charge on any atom is -0.384 e. The summed E-state index contributed by atoms with van der Waals surface area (Å²) in [6.07, 6.45) is 3.59. The van der Waals surface area contributed by atoms with Crippen LogP contribution in [0.25, 0.3) is 11.0 Å².